The highest BCUT2D eigenvalue weighted by Crippen LogP contribution is 2.52. The molecule has 388 valence electrons. The molecule has 0 saturated carbocycles. The number of hydrogen-bond acceptors (Lipinski definition) is 2. The van der Waals surface area contributed by atoms with Crippen LogP contribution >= 0.6 is 0 Å². The predicted molar refractivity (Wildman–Crippen MR) is 345 cm³/mol. The van der Waals surface area contributed by atoms with Crippen molar-refractivity contribution in [3.05, 3.63) is 255 Å². The lowest BCUT2D eigenvalue weighted by Gasteiger charge is -2.42. The monoisotopic (exact) mass is 1040 g/mol. The zero-order chi connectivity index (χ0) is 55.7. The van der Waals surface area contributed by atoms with E-state index in [2.05, 4.69) is 267 Å². The summed E-state index contributed by atoms with van der Waals surface area (Å²) in [6.07, 6.45) is 0. The Labute approximate surface area is 477 Å². The molecular weight excluding hydrogens is 978 g/mol. The van der Waals surface area contributed by atoms with Crippen LogP contribution in [0.5, 0.6) is 0 Å². The molecule has 3 nitrogen and oxygen atoms in total. The number of rotatable bonds is 7. The van der Waals surface area contributed by atoms with Crippen molar-refractivity contribution in [1.82, 2.24) is 4.48 Å². The molecule has 0 saturated heterocycles. The summed E-state index contributed by atoms with van der Waals surface area (Å²) in [5.41, 5.74) is 38.3. The number of anilines is 3. The minimum Gasteiger partial charge on any atom is -0.375 e. The van der Waals surface area contributed by atoms with Crippen molar-refractivity contribution in [1.29, 1.82) is 5.26 Å². The van der Waals surface area contributed by atoms with Gasteiger partial charge in [0.2, 0.25) is 0 Å². The van der Waals surface area contributed by atoms with Crippen LogP contribution in [0.2, 0.25) is 0 Å². The van der Waals surface area contributed by atoms with Crippen molar-refractivity contribution in [3.8, 4) is 84.0 Å². The van der Waals surface area contributed by atoms with Crippen LogP contribution in [0.15, 0.2) is 194 Å². The number of nitrogens with zero attached hydrogens (tertiary/aromatic N) is 3. The fourth-order valence-corrected chi connectivity index (χ4v) is 14.8. The van der Waals surface area contributed by atoms with Crippen molar-refractivity contribution in [2.75, 3.05) is 4.90 Å². The van der Waals surface area contributed by atoms with Crippen LogP contribution in [0.3, 0.4) is 0 Å². The molecule has 14 rings (SSSR count). The van der Waals surface area contributed by atoms with Crippen molar-refractivity contribution in [3.63, 3.8) is 0 Å². The van der Waals surface area contributed by atoms with E-state index in [1.807, 2.05) is 12.1 Å². The first-order chi connectivity index (χ1) is 39.2. The van der Waals surface area contributed by atoms with Gasteiger partial charge in [0.1, 0.15) is 0 Å². The lowest BCUT2D eigenvalue weighted by atomic mass is 9.44. The maximum Gasteiger partial charge on any atom is 0.333 e. The lowest BCUT2D eigenvalue weighted by Crippen LogP contribution is -2.57. The molecule has 0 aliphatic carbocycles. The molecule has 12 aromatic rings. The smallest absolute Gasteiger partial charge is 0.333 e. The van der Waals surface area contributed by atoms with Crippen LogP contribution in [0.25, 0.3) is 99.7 Å². The number of aryl methyl sites for hydroxylation is 9. The van der Waals surface area contributed by atoms with Crippen LogP contribution in [-0.2, 0) is 0 Å². The van der Waals surface area contributed by atoms with E-state index in [1.54, 1.807) is 0 Å². The SMILES string of the molecule is Cc1cc(C)c(-c2ccc3c(c2)B2c4c(cc(-c5cccc(C#N)c5)c(C)c4-c4cc(-c5c(C)cc(C)cc5C)cc5c6cc(-c7c(C)cc(C)cc7C)ccc6n2c45)N3c2cc(-c3ccccc3)cc(-c3ccccc3)c2)c(C)c1. The summed E-state index contributed by atoms with van der Waals surface area (Å²) in [6, 6.07) is 75.6. The van der Waals surface area contributed by atoms with Crippen LogP contribution in [0.1, 0.15) is 61.2 Å². The second-order valence-corrected chi connectivity index (χ2v) is 23.4. The molecule has 81 heavy (non-hydrogen) atoms. The van der Waals surface area contributed by atoms with Gasteiger partial charge >= 0.3 is 6.85 Å². The third-order valence-electron chi connectivity index (χ3n) is 17.7. The largest absolute Gasteiger partial charge is 0.375 e. The minimum atomic E-state index is -0.216. The Bertz CT molecular complexity index is 4580. The highest BCUT2D eigenvalue weighted by molar-refractivity contribution is 6.90. The molecule has 0 bridgehead atoms. The normalized spacial score (nSPS) is 12.3. The molecule has 0 atom stereocenters. The number of nitriles is 1. The molecule has 0 spiro atoms. The highest BCUT2D eigenvalue weighted by atomic mass is 15.2. The van der Waals surface area contributed by atoms with Gasteiger partial charge in [0.25, 0.3) is 0 Å². The molecule has 4 heteroatoms. The third kappa shape index (κ3) is 7.93. The van der Waals surface area contributed by atoms with E-state index in [0.717, 1.165) is 50.4 Å². The van der Waals surface area contributed by atoms with Crippen molar-refractivity contribution in [2.45, 2.75) is 69.2 Å². The Hall–Kier alpha value is -9.43. The quantitative estimate of drug-likeness (QED) is 0.149. The van der Waals surface area contributed by atoms with Crippen LogP contribution < -0.4 is 15.8 Å². The predicted octanol–water partition coefficient (Wildman–Crippen LogP) is 19.2. The fourth-order valence-electron chi connectivity index (χ4n) is 14.8. The molecule has 0 amide bonds. The maximum atomic E-state index is 10.5. The molecule has 0 fully saturated rings. The van der Waals surface area contributed by atoms with Crippen molar-refractivity contribution < 1.29 is 0 Å². The molecule has 2 aliphatic heterocycles. The van der Waals surface area contributed by atoms with E-state index < -0.39 is 0 Å². The van der Waals surface area contributed by atoms with Crippen molar-refractivity contribution in [2.24, 2.45) is 0 Å². The molecule has 11 aromatic carbocycles. The van der Waals surface area contributed by atoms with Gasteiger partial charge in [-0.25, -0.2) is 0 Å². The molecule has 3 heterocycles. The molecule has 2 aliphatic rings. The summed E-state index contributed by atoms with van der Waals surface area (Å²) in [7, 11) is 0. The molecule has 0 N–H and O–H groups in total. The van der Waals surface area contributed by atoms with E-state index >= 15 is 0 Å². The fraction of sp³-hybridized carbons (Fsp3) is 0.130. The molecular formula is C77H62BN3. The topological polar surface area (TPSA) is 32.0 Å². The average Bonchev–Trinajstić information content (AvgIpc) is 3.28. The van der Waals surface area contributed by atoms with Gasteiger partial charge in [-0.1, -0.05) is 144 Å². The number of benzene rings is 11. The van der Waals surface area contributed by atoms with E-state index in [-0.39, 0.29) is 6.85 Å². The van der Waals surface area contributed by atoms with Crippen LogP contribution in [0, 0.1) is 80.6 Å². The van der Waals surface area contributed by atoms with E-state index in [9.17, 15) is 5.26 Å². The Kier molecular flexibility index (Phi) is 11.6. The standard InChI is InChI=1S/C77H62BN3/c1-44-28-47(4)72(48(5)29-44)58-24-26-69-65(38-58)66-39-62(74-51(8)32-46(3)33-52(74)9)40-67-75-53(10)64(57-23-17-18-54(34-57)43-79)42-71-76(75)78(81(69)77(66)67)68-41-59(73-49(6)30-45(2)31-50(73)7)25-27-70(68)80(71)63-36-60(55-19-13-11-14-20-55)35-61(37-63)56-21-15-12-16-22-56/h11-42H,1-10H3. The lowest BCUT2D eigenvalue weighted by molar-refractivity contribution is 1.24. The van der Waals surface area contributed by atoms with Crippen LogP contribution in [-0.4, -0.2) is 11.3 Å². The summed E-state index contributed by atoms with van der Waals surface area (Å²) >= 11 is 0. The molecule has 0 radical (unpaired) electrons. The summed E-state index contributed by atoms with van der Waals surface area (Å²) in [5.74, 6) is 0. The van der Waals surface area contributed by atoms with E-state index in [4.69, 9.17) is 0 Å². The maximum absolute atomic E-state index is 10.5. The Morgan fingerprint density at radius 3 is 1.46 bits per heavy atom. The number of fused-ring (bicyclic) bond motifs is 7. The highest BCUT2D eigenvalue weighted by Gasteiger charge is 2.44. The zero-order valence-electron chi connectivity index (χ0n) is 47.9. The number of aromatic nitrogens is 1. The summed E-state index contributed by atoms with van der Waals surface area (Å²) in [6.45, 7) is 22.3. The average molecular weight is 1040 g/mol. The van der Waals surface area contributed by atoms with Gasteiger partial charge in [-0.05, 0) is 258 Å². The summed E-state index contributed by atoms with van der Waals surface area (Å²) in [4.78, 5) is 2.58. The van der Waals surface area contributed by atoms with Gasteiger partial charge in [0, 0.05) is 44.4 Å². The summed E-state index contributed by atoms with van der Waals surface area (Å²) < 4.78 is 2.73. The Morgan fingerprint density at radius 1 is 0.370 bits per heavy atom. The van der Waals surface area contributed by atoms with Gasteiger partial charge in [-0.2, -0.15) is 5.26 Å². The second-order valence-electron chi connectivity index (χ2n) is 23.4. The van der Waals surface area contributed by atoms with Gasteiger partial charge in [0.15, 0.2) is 0 Å². The van der Waals surface area contributed by atoms with Crippen LogP contribution in [0.4, 0.5) is 17.1 Å². The first kappa shape index (κ1) is 49.8. The molecule has 0 unspecified atom stereocenters. The third-order valence-corrected chi connectivity index (χ3v) is 17.7. The first-order valence-electron chi connectivity index (χ1n) is 28.5. The second kappa shape index (κ2) is 18.9. The van der Waals surface area contributed by atoms with Gasteiger partial charge in [-0.15, -0.1) is 0 Å². The van der Waals surface area contributed by atoms with E-state index in [0.29, 0.717) is 5.56 Å². The summed E-state index contributed by atoms with van der Waals surface area (Å²) in [5, 5.41) is 13.0. The van der Waals surface area contributed by atoms with Gasteiger partial charge in [-0.3, -0.25) is 0 Å². The number of hydrogen-bond donors (Lipinski definition) is 0. The Morgan fingerprint density at radius 2 is 0.889 bits per heavy atom. The molecule has 1 aromatic heterocycles. The minimum absolute atomic E-state index is 0.216. The Balaban J connectivity index is 1.17. The van der Waals surface area contributed by atoms with Gasteiger partial charge < -0.3 is 9.38 Å². The van der Waals surface area contributed by atoms with Crippen molar-refractivity contribution >= 4 is 56.6 Å². The zero-order valence-corrected chi connectivity index (χ0v) is 47.9. The van der Waals surface area contributed by atoms with E-state index in [1.165, 1.54) is 133 Å². The van der Waals surface area contributed by atoms with Gasteiger partial charge in [0.05, 0.1) is 11.6 Å². The first-order valence-corrected chi connectivity index (χ1v) is 28.5.